The van der Waals surface area contributed by atoms with Crippen LogP contribution in [-0.4, -0.2) is 29.5 Å². The Labute approximate surface area is 95.0 Å². The highest BCUT2D eigenvalue weighted by atomic mass is 16.6. The van der Waals surface area contributed by atoms with Gasteiger partial charge in [0.1, 0.15) is 5.75 Å². The van der Waals surface area contributed by atoms with Gasteiger partial charge in [0.15, 0.2) is 6.29 Å². The van der Waals surface area contributed by atoms with Crippen molar-refractivity contribution >= 4 is 23.8 Å². The van der Waals surface area contributed by atoms with Gasteiger partial charge in [0.2, 0.25) is 0 Å². The first kappa shape index (κ1) is 12.4. The molecule has 0 heterocycles. The summed E-state index contributed by atoms with van der Waals surface area (Å²) in [5, 5.41) is 21.2. The second-order valence-corrected chi connectivity index (χ2v) is 2.92. The third-order valence-electron chi connectivity index (χ3n) is 1.91. The largest absolute Gasteiger partial charge is 0.494 e. The molecule has 0 spiro atoms. The first-order valence-corrected chi connectivity index (χ1v) is 4.31. The summed E-state index contributed by atoms with van der Waals surface area (Å²) in [6.07, 6.45) is -1.10. The molecule has 0 saturated heterocycles. The molecule has 90 valence electrons. The van der Waals surface area contributed by atoms with E-state index in [1.807, 2.05) is 5.32 Å². The zero-order chi connectivity index (χ0) is 13.0. The summed E-state index contributed by atoms with van der Waals surface area (Å²) in [6.45, 7) is 0. The topological polar surface area (TPSA) is 119 Å². The van der Waals surface area contributed by atoms with Crippen molar-refractivity contribution in [1.29, 1.82) is 0 Å². The van der Waals surface area contributed by atoms with Crippen LogP contribution in [0, 0.1) is 10.1 Å². The van der Waals surface area contributed by atoms with Gasteiger partial charge in [-0.2, -0.15) is 0 Å². The molecule has 1 aromatic rings. The van der Waals surface area contributed by atoms with E-state index in [4.69, 9.17) is 9.84 Å². The quantitative estimate of drug-likeness (QED) is 0.467. The molecule has 1 aromatic carbocycles. The lowest BCUT2D eigenvalue weighted by molar-refractivity contribution is -0.385. The number of hydrogen-bond donors (Lipinski definition) is 2. The SMILES string of the molecule is COc1cc([N+](=O)[O-])c(C=O)cc1NC(=O)O. The second-order valence-electron chi connectivity index (χ2n) is 2.92. The van der Waals surface area contributed by atoms with Crippen molar-refractivity contribution in [2.24, 2.45) is 0 Å². The number of hydrogen-bond acceptors (Lipinski definition) is 5. The highest BCUT2D eigenvalue weighted by Crippen LogP contribution is 2.31. The third-order valence-corrected chi connectivity index (χ3v) is 1.91. The molecule has 1 amide bonds. The van der Waals surface area contributed by atoms with E-state index in [0.717, 1.165) is 12.1 Å². The molecule has 0 aromatic heterocycles. The van der Waals surface area contributed by atoms with E-state index in [2.05, 4.69) is 0 Å². The molecule has 17 heavy (non-hydrogen) atoms. The zero-order valence-electron chi connectivity index (χ0n) is 8.67. The molecule has 8 heteroatoms. The number of aldehydes is 1. The van der Waals surface area contributed by atoms with Gasteiger partial charge in [0.25, 0.3) is 5.69 Å². The Morgan fingerprint density at radius 2 is 2.24 bits per heavy atom. The van der Waals surface area contributed by atoms with Crippen LogP contribution in [0.2, 0.25) is 0 Å². The Morgan fingerprint density at radius 1 is 1.59 bits per heavy atom. The first-order chi connectivity index (χ1) is 7.99. The van der Waals surface area contributed by atoms with Crippen molar-refractivity contribution in [2.75, 3.05) is 12.4 Å². The number of ether oxygens (including phenoxy) is 1. The van der Waals surface area contributed by atoms with E-state index in [9.17, 15) is 19.7 Å². The highest BCUT2D eigenvalue weighted by molar-refractivity contribution is 5.90. The number of nitro benzene ring substituents is 1. The van der Waals surface area contributed by atoms with Gasteiger partial charge >= 0.3 is 6.09 Å². The standard InChI is InChI=1S/C9H8N2O6/c1-17-8-3-7(11(15)16)5(4-12)2-6(8)10-9(13)14/h2-4,10H,1H3,(H,13,14). The molecule has 0 bridgehead atoms. The smallest absolute Gasteiger partial charge is 0.409 e. The molecule has 0 aliphatic carbocycles. The maximum atomic E-state index is 10.6. The number of nitro groups is 1. The lowest BCUT2D eigenvalue weighted by Crippen LogP contribution is -2.09. The van der Waals surface area contributed by atoms with Crippen LogP contribution in [0.25, 0.3) is 0 Å². The Morgan fingerprint density at radius 3 is 2.65 bits per heavy atom. The van der Waals surface area contributed by atoms with E-state index in [-0.39, 0.29) is 23.3 Å². The van der Waals surface area contributed by atoms with Crippen LogP contribution < -0.4 is 10.1 Å². The van der Waals surface area contributed by atoms with Crippen LogP contribution in [0.3, 0.4) is 0 Å². The van der Waals surface area contributed by atoms with Gasteiger partial charge in [0.05, 0.1) is 29.4 Å². The van der Waals surface area contributed by atoms with Crippen molar-refractivity contribution < 1.29 is 24.4 Å². The van der Waals surface area contributed by atoms with Gasteiger partial charge in [-0.15, -0.1) is 0 Å². The molecule has 0 radical (unpaired) electrons. The van der Waals surface area contributed by atoms with Crippen LogP contribution >= 0.6 is 0 Å². The van der Waals surface area contributed by atoms with Crippen molar-refractivity contribution in [3.63, 3.8) is 0 Å². The molecule has 8 nitrogen and oxygen atoms in total. The van der Waals surface area contributed by atoms with Crippen molar-refractivity contribution in [1.82, 2.24) is 0 Å². The summed E-state index contributed by atoms with van der Waals surface area (Å²) in [6, 6.07) is 2.02. The number of rotatable bonds is 4. The Bertz CT molecular complexity index is 485. The number of carbonyl (C=O) groups is 2. The predicted octanol–water partition coefficient (Wildman–Crippen LogP) is 1.51. The second kappa shape index (κ2) is 4.92. The predicted molar refractivity (Wildman–Crippen MR) is 56.7 cm³/mol. The minimum atomic E-state index is -1.37. The Hall–Kier alpha value is -2.64. The monoisotopic (exact) mass is 240 g/mol. The van der Waals surface area contributed by atoms with Gasteiger partial charge < -0.3 is 9.84 Å². The van der Waals surface area contributed by atoms with E-state index < -0.39 is 16.7 Å². The lowest BCUT2D eigenvalue weighted by Gasteiger charge is -2.08. The first-order valence-electron chi connectivity index (χ1n) is 4.31. The number of carbonyl (C=O) groups excluding carboxylic acids is 1. The summed E-state index contributed by atoms with van der Waals surface area (Å²) in [5.74, 6) is -0.0373. The molecule has 0 aliphatic heterocycles. The van der Waals surface area contributed by atoms with E-state index in [1.54, 1.807) is 0 Å². The summed E-state index contributed by atoms with van der Waals surface area (Å²) >= 11 is 0. The molecule has 0 saturated carbocycles. The maximum Gasteiger partial charge on any atom is 0.409 e. The lowest BCUT2D eigenvalue weighted by atomic mass is 10.1. The van der Waals surface area contributed by atoms with E-state index in [1.165, 1.54) is 7.11 Å². The summed E-state index contributed by atoms with van der Waals surface area (Å²) < 4.78 is 4.79. The molecule has 1 rings (SSSR count). The molecule has 0 unspecified atom stereocenters. The number of methoxy groups -OCH3 is 1. The van der Waals surface area contributed by atoms with Crippen molar-refractivity contribution in [3.8, 4) is 5.75 Å². The van der Waals surface area contributed by atoms with Crippen LogP contribution in [0.4, 0.5) is 16.2 Å². The zero-order valence-corrected chi connectivity index (χ0v) is 8.67. The van der Waals surface area contributed by atoms with Gasteiger partial charge in [0, 0.05) is 0 Å². The highest BCUT2D eigenvalue weighted by Gasteiger charge is 2.19. The number of benzene rings is 1. The molecule has 0 atom stereocenters. The fraction of sp³-hybridized carbons (Fsp3) is 0.111. The molecule has 0 fully saturated rings. The van der Waals surface area contributed by atoms with E-state index >= 15 is 0 Å². The fourth-order valence-corrected chi connectivity index (χ4v) is 1.22. The van der Waals surface area contributed by atoms with Crippen molar-refractivity contribution in [3.05, 3.63) is 27.8 Å². The summed E-state index contributed by atoms with van der Waals surface area (Å²) in [7, 11) is 1.23. The normalized spacial score (nSPS) is 9.47. The van der Waals surface area contributed by atoms with Crippen LogP contribution in [0.5, 0.6) is 5.75 Å². The Kier molecular flexibility index (Phi) is 3.60. The number of anilines is 1. The molecular formula is C9H8N2O6. The average Bonchev–Trinajstić information content (AvgIpc) is 2.27. The number of nitrogens with one attached hydrogen (secondary N) is 1. The number of nitrogens with zero attached hydrogens (tertiary/aromatic N) is 1. The summed E-state index contributed by atoms with van der Waals surface area (Å²) in [4.78, 5) is 31.0. The van der Waals surface area contributed by atoms with Crippen LogP contribution in [0.15, 0.2) is 12.1 Å². The third kappa shape index (κ3) is 2.68. The number of carboxylic acid groups (broad SMARTS) is 1. The van der Waals surface area contributed by atoms with E-state index in [0.29, 0.717) is 0 Å². The minimum absolute atomic E-state index is 0.0345. The average molecular weight is 240 g/mol. The van der Waals surface area contributed by atoms with Crippen LogP contribution in [0.1, 0.15) is 10.4 Å². The van der Waals surface area contributed by atoms with Crippen LogP contribution in [-0.2, 0) is 0 Å². The molecule has 0 aliphatic rings. The maximum absolute atomic E-state index is 10.6. The van der Waals surface area contributed by atoms with Gasteiger partial charge in [-0.3, -0.25) is 20.2 Å². The molecule has 2 N–H and O–H groups in total. The Balaban J connectivity index is 3.37. The number of amides is 1. The van der Waals surface area contributed by atoms with Gasteiger partial charge in [-0.05, 0) is 6.07 Å². The molecular weight excluding hydrogens is 232 g/mol. The summed E-state index contributed by atoms with van der Waals surface area (Å²) in [5.41, 5.74) is -0.722. The fourth-order valence-electron chi connectivity index (χ4n) is 1.22. The minimum Gasteiger partial charge on any atom is -0.494 e. The van der Waals surface area contributed by atoms with Gasteiger partial charge in [-0.25, -0.2) is 4.79 Å². The van der Waals surface area contributed by atoms with Gasteiger partial charge in [-0.1, -0.05) is 0 Å². The van der Waals surface area contributed by atoms with Crippen molar-refractivity contribution in [2.45, 2.75) is 0 Å².